The number of rotatable bonds is 4. The van der Waals surface area contributed by atoms with E-state index < -0.39 is 0 Å². The standard InChI is InChI=1S/C17H19N3O2/c1-22-15-9-3-2-8-14(15)19-17(21)13-7-6-10-18-16(13)20-11-4-5-12-20/h2-3,6-10H,4-5,11-12H2,1H3,(H,19,21). The van der Waals surface area contributed by atoms with E-state index >= 15 is 0 Å². The van der Waals surface area contributed by atoms with Crippen molar-refractivity contribution in [3.63, 3.8) is 0 Å². The van der Waals surface area contributed by atoms with Crippen LogP contribution >= 0.6 is 0 Å². The summed E-state index contributed by atoms with van der Waals surface area (Å²) >= 11 is 0. The summed E-state index contributed by atoms with van der Waals surface area (Å²) in [5, 5.41) is 2.91. The van der Waals surface area contributed by atoms with Crippen LogP contribution in [0.25, 0.3) is 0 Å². The molecule has 0 spiro atoms. The number of hydrogen-bond donors (Lipinski definition) is 1. The minimum atomic E-state index is -0.167. The van der Waals surface area contributed by atoms with Crippen molar-refractivity contribution < 1.29 is 9.53 Å². The summed E-state index contributed by atoms with van der Waals surface area (Å²) in [7, 11) is 1.59. The van der Waals surface area contributed by atoms with Gasteiger partial charge in [-0.15, -0.1) is 0 Å². The molecule has 22 heavy (non-hydrogen) atoms. The van der Waals surface area contributed by atoms with Gasteiger partial charge in [-0.25, -0.2) is 4.98 Å². The molecule has 0 saturated carbocycles. The van der Waals surface area contributed by atoms with Crippen molar-refractivity contribution in [1.29, 1.82) is 0 Å². The number of para-hydroxylation sites is 2. The number of methoxy groups -OCH3 is 1. The summed E-state index contributed by atoms with van der Waals surface area (Å²) in [6.45, 7) is 1.90. The Morgan fingerprint density at radius 3 is 2.73 bits per heavy atom. The number of carbonyl (C=O) groups is 1. The van der Waals surface area contributed by atoms with Crippen LogP contribution < -0.4 is 15.0 Å². The van der Waals surface area contributed by atoms with Crippen LogP contribution in [0.15, 0.2) is 42.6 Å². The lowest BCUT2D eigenvalue weighted by Gasteiger charge is -2.19. The van der Waals surface area contributed by atoms with E-state index in [-0.39, 0.29) is 5.91 Å². The molecule has 1 aromatic heterocycles. The fourth-order valence-electron chi connectivity index (χ4n) is 2.69. The van der Waals surface area contributed by atoms with E-state index in [0.717, 1.165) is 31.7 Å². The normalized spacial score (nSPS) is 14.0. The largest absolute Gasteiger partial charge is 0.495 e. The van der Waals surface area contributed by atoms with Crippen LogP contribution in [-0.4, -0.2) is 31.1 Å². The van der Waals surface area contributed by atoms with Gasteiger partial charge in [0, 0.05) is 19.3 Å². The van der Waals surface area contributed by atoms with E-state index in [9.17, 15) is 4.79 Å². The Balaban J connectivity index is 1.86. The van der Waals surface area contributed by atoms with Gasteiger partial charge >= 0.3 is 0 Å². The van der Waals surface area contributed by atoms with Crippen molar-refractivity contribution in [2.24, 2.45) is 0 Å². The second-order valence-corrected chi connectivity index (χ2v) is 5.22. The maximum atomic E-state index is 12.6. The molecule has 0 bridgehead atoms. The number of benzene rings is 1. The van der Waals surface area contributed by atoms with Crippen LogP contribution in [0.4, 0.5) is 11.5 Å². The number of hydrogen-bond acceptors (Lipinski definition) is 4. The number of aromatic nitrogens is 1. The number of nitrogens with zero attached hydrogens (tertiary/aromatic N) is 2. The summed E-state index contributed by atoms with van der Waals surface area (Å²) in [6.07, 6.45) is 4.02. The molecule has 2 aromatic rings. The van der Waals surface area contributed by atoms with Gasteiger partial charge in [-0.3, -0.25) is 4.79 Å². The van der Waals surface area contributed by atoms with Gasteiger partial charge < -0.3 is 15.0 Å². The summed E-state index contributed by atoms with van der Waals surface area (Å²) in [4.78, 5) is 19.2. The Hall–Kier alpha value is -2.56. The van der Waals surface area contributed by atoms with Gasteiger partial charge in [0.05, 0.1) is 18.4 Å². The summed E-state index contributed by atoms with van der Waals surface area (Å²) in [6, 6.07) is 11.0. The van der Waals surface area contributed by atoms with Crippen LogP contribution in [0.3, 0.4) is 0 Å². The van der Waals surface area contributed by atoms with E-state index in [4.69, 9.17) is 4.74 Å². The summed E-state index contributed by atoms with van der Waals surface area (Å²) < 4.78 is 5.27. The predicted octanol–water partition coefficient (Wildman–Crippen LogP) is 2.94. The summed E-state index contributed by atoms with van der Waals surface area (Å²) in [5.74, 6) is 1.23. The molecular formula is C17H19N3O2. The Bertz CT molecular complexity index is 666. The van der Waals surface area contributed by atoms with Crippen molar-refractivity contribution in [3.8, 4) is 5.75 Å². The molecule has 1 amide bonds. The Morgan fingerprint density at radius 2 is 1.95 bits per heavy atom. The van der Waals surface area contributed by atoms with Crippen LogP contribution in [0.2, 0.25) is 0 Å². The predicted molar refractivity (Wildman–Crippen MR) is 86.6 cm³/mol. The fraction of sp³-hybridized carbons (Fsp3) is 0.294. The average Bonchev–Trinajstić information content (AvgIpc) is 3.09. The van der Waals surface area contributed by atoms with Crippen molar-refractivity contribution in [2.45, 2.75) is 12.8 Å². The highest BCUT2D eigenvalue weighted by molar-refractivity contribution is 6.08. The fourth-order valence-corrected chi connectivity index (χ4v) is 2.69. The number of anilines is 2. The zero-order valence-electron chi connectivity index (χ0n) is 12.6. The number of ether oxygens (including phenoxy) is 1. The molecule has 1 N–H and O–H groups in total. The van der Waals surface area contributed by atoms with E-state index in [0.29, 0.717) is 17.0 Å². The minimum absolute atomic E-state index is 0.167. The third-order valence-electron chi connectivity index (χ3n) is 3.79. The van der Waals surface area contributed by atoms with Crippen molar-refractivity contribution in [3.05, 3.63) is 48.2 Å². The van der Waals surface area contributed by atoms with Gasteiger partial charge in [0.25, 0.3) is 5.91 Å². The smallest absolute Gasteiger partial charge is 0.259 e. The van der Waals surface area contributed by atoms with E-state index in [1.165, 1.54) is 0 Å². The zero-order valence-corrected chi connectivity index (χ0v) is 12.6. The number of carbonyl (C=O) groups excluding carboxylic acids is 1. The maximum Gasteiger partial charge on any atom is 0.259 e. The van der Waals surface area contributed by atoms with Gasteiger partial charge in [0.1, 0.15) is 11.6 Å². The first kappa shape index (κ1) is 14.4. The lowest BCUT2D eigenvalue weighted by Crippen LogP contribution is -2.24. The molecule has 1 aliphatic rings. The highest BCUT2D eigenvalue weighted by Gasteiger charge is 2.21. The molecule has 1 aliphatic heterocycles. The molecule has 5 heteroatoms. The molecule has 1 aromatic carbocycles. The Morgan fingerprint density at radius 1 is 1.18 bits per heavy atom. The van der Waals surface area contributed by atoms with Crippen molar-refractivity contribution in [1.82, 2.24) is 4.98 Å². The van der Waals surface area contributed by atoms with Gasteiger partial charge in [-0.05, 0) is 37.1 Å². The van der Waals surface area contributed by atoms with Crippen LogP contribution in [-0.2, 0) is 0 Å². The first-order valence-electron chi connectivity index (χ1n) is 7.44. The molecule has 1 saturated heterocycles. The van der Waals surface area contributed by atoms with E-state index in [2.05, 4.69) is 15.2 Å². The number of amides is 1. The first-order valence-corrected chi connectivity index (χ1v) is 7.44. The molecule has 0 atom stereocenters. The summed E-state index contributed by atoms with van der Waals surface area (Å²) in [5.41, 5.74) is 1.25. The Kier molecular flexibility index (Phi) is 4.23. The first-order chi connectivity index (χ1) is 10.8. The monoisotopic (exact) mass is 297 g/mol. The third-order valence-corrected chi connectivity index (χ3v) is 3.79. The van der Waals surface area contributed by atoms with Gasteiger partial charge in [-0.1, -0.05) is 12.1 Å². The highest BCUT2D eigenvalue weighted by atomic mass is 16.5. The van der Waals surface area contributed by atoms with Crippen LogP contribution in [0, 0.1) is 0 Å². The topological polar surface area (TPSA) is 54.5 Å². The molecular weight excluding hydrogens is 278 g/mol. The maximum absolute atomic E-state index is 12.6. The van der Waals surface area contributed by atoms with Crippen LogP contribution in [0.5, 0.6) is 5.75 Å². The van der Waals surface area contributed by atoms with Crippen molar-refractivity contribution in [2.75, 3.05) is 30.4 Å². The Labute approximate surface area is 129 Å². The van der Waals surface area contributed by atoms with Gasteiger partial charge in [0.15, 0.2) is 0 Å². The molecule has 5 nitrogen and oxygen atoms in total. The second-order valence-electron chi connectivity index (χ2n) is 5.22. The molecule has 0 aliphatic carbocycles. The molecule has 0 unspecified atom stereocenters. The lowest BCUT2D eigenvalue weighted by molar-refractivity contribution is 0.102. The molecule has 114 valence electrons. The minimum Gasteiger partial charge on any atom is -0.495 e. The lowest BCUT2D eigenvalue weighted by atomic mass is 10.2. The van der Waals surface area contributed by atoms with E-state index in [1.807, 2.05) is 30.3 Å². The third kappa shape index (κ3) is 2.88. The quantitative estimate of drug-likeness (QED) is 0.942. The van der Waals surface area contributed by atoms with Crippen molar-refractivity contribution >= 4 is 17.4 Å². The van der Waals surface area contributed by atoms with Gasteiger partial charge in [0.2, 0.25) is 0 Å². The molecule has 3 rings (SSSR count). The second kappa shape index (κ2) is 6.47. The molecule has 0 radical (unpaired) electrons. The molecule has 2 heterocycles. The molecule has 1 fully saturated rings. The van der Waals surface area contributed by atoms with E-state index in [1.54, 1.807) is 19.4 Å². The SMILES string of the molecule is COc1ccccc1NC(=O)c1cccnc1N1CCCC1. The zero-order chi connectivity index (χ0) is 15.4. The average molecular weight is 297 g/mol. The number of pyridine rings is 1. The number of nitrogens with one attached hydrogen (secondary N) is 1. The highest BCUT2D eigenvalue weighted by Crippen LogP contribution is 2.26. The van der Waals surface area contributed by atoms with Crippen LogP contribution in [0.1, 0.15) is 23.2 Å². The van der Waals surface area contributed by atoms with Gasteiger partial charge in [-0.2, -0.15) is 0 Å².